The summed E-state index contributed by atoms with van der Waals surface area (Å²) in [6.45, 7) is -0.681. The van der Waals surface area contributed by atoms with Crippen molar-refractivity contribution >= 4 is 16.4 Å². The molecule has 0 amide bonds. The summed E-state index contributed by atoms with van der Waals surface area (Å²) in [5.74, 6) is -1.49. The molecule has 1 fully saturated rings. The third-order valence-corrected chi connectivity index (χ3v) is 2.52. The molecule has 0 aromatic carbocycles. The molecule has 1 aliphatic rings. The van der Waals surface area contributed by atoms with Gasteiger partial charge in [-0.25, -0.2) is 13.2 Å². The van der Waals surface area contributed by atoms with Crippen LogP contribution in [0.4, 0.5) is 0 Å². The summed E-state index contributed by atoms with van der Waals surface area (Å²) in [6.07, 6.45) is -7.27. The van der Waals surface area contributed by atoms with E-state index in [1.807, 2.05) is 0 Å². The summed E-state index contributed by atoms with van der Waals surface area (Å²) in [5, 5.41) is 28.5. The molecule has 0 saturated carbocycles. The molecule has 0 bridgehead atoms. The summed E-state index contributed by atoms with van der Waals surface area (Å²) in [6, 6.07) is 0. The highest BCUT2D eigenvalue weighted by Crippen LogP contribution is 2.19. The van der Waals surface area contributed by atoms with Crippen LogP contribution in [0, 0.1) is 0 Å². The van der Waals surface area contributed by atoms with Crippen molar-refractivity contribution < 1.29 is 47.0 Å². The van der Waals surface area contributed by atoms with Gasteiger partial charge in [0.25, 0.3) is 0 Å². The van der Waals surface area contributed by atoms with Crippen LogP contribution in [-0.2, 0) is 29.0 Å². The van der Waals surface area contributed by atoms with Gasteiger partial charge < -0.3 is 29.6 Å². The Labute approximate surface area is 95.2 Å². The van der Waals surface area contributed by atoms with Crippen LogP contribution in [0.3, 0.4) is 0 Å². The molecule has 0 aromatic rings. The SMILES string of the molecule is O=C(O[O-])C1OCC(OS(=O)(=O)[O-])[C@H](O)[C@@H]1O. The molecule has 1 rings (SSSR count). The monoisotopic (exact) mass is 272 g/mol. The highest BCUT2D eigenvalue weighted by atomic mass is 32.3. The Morgan fingerprint density at radius 2 is 1.94 bits per heavy atom. The zero-order chi connectivity index (χ0) is 13.2. The fourth-order valence-electron chi connectivity index (χ4n) is 1.29. The average molecular weight is 272 g/mol. The number of aliphatic hydroxyl groups excluding tert-OH is 2. The molecule has 17 heavy (non-hydrogen) atoms. The summed E-state index contributed by atoms with van der Waals surface area (Å²) < 4.78 is 39.2. The van der Waals surface area contributed by atoms with Crippen LogP contribution in [0.15, 0.2) is 0 Å². The quantitative estimate of drug-likeness (QED) is 0.222. The van der Waals surface area contributed by atoms with Crippen molar-refractivity contribution in [1.82, 2.24) is 0 Å². The molecule has 4 atom stereocenters. The zero-order valence-corrected chi connectivity index (χ0v) is 8.90. The summed E-state index contributed by atoms with van der Waals surface area (Å²) in [4.78, 5) is 13.8. The largest absolute Gasteiger partial charge is 0.726 e. The first kappa shape index (κ1) is 14.2. The predicted molar refractivity (Wildman–Crippen MR) is 42.4 cm³/mol. The van der Waals surface area contributed by atoms with E-state index in [0.717, 1.165) is 0 Å². The minimum absolute atomic E-state index is 0.681. The molecular formula is C6H8O10S-2. The van der Waals surface area contributed by atoms with E-state index in [2.05, 4.69) is 13.8 Å². The summed E-state index contributed by atoms with van der Waals surface area (Å²) in [5.41, 5.74) is 0. The molecule has 100 valence electrons. The van der Waals surface area contributed by atoms with E-state index < -0.39 is 47.4 Å². The number of carbonyl (C=O) groups excluding carboxylic acids is 1. The van der Waals surface area contributed by atoms with Gasteiger partial charge in [0, 0.05) is 0 Å². The molecule has 1 saturated heterocycles. The third-order valence-electron chi connectivity index (χ3n) is 2.04. The number of rotatable bonds is 3. The van der Waals surface area contributed by atoms with Crippen LogP contribution < -0.4 is 5.26 Å². The Morgan fingerprint density at radius 1 is 1.35 bits per heavy atom. The average Bonchev–Trinajstić information content (AvgIpc) is 2.22. The van der Waals surface area contributed by atoms with Crippen molar-refractivity contribution in [3.05, 3.63) is 0 Å². The lowest BCUT2D eigenvalue weighted by atomic mass is 10.0. The molecular weight excluding hydrogens is 264 g/mol. The first-order valence-corrected chi connectivity index (χ1v) is 5.55. The molecule has 0 radical (unpaired) electrons. The number of aliphatic hydroxyl groups is 2. The number of ether oxygens (including phenoxy) is 1. The molecule has 1 heterocycles. The van der Waals surface area contributed by atoms with Gasteiger partial charge in [-0.15, -0.1) is 0 Å². The molecule has 2 unspecified atom stereocenters. The maximum Gasteiger partial charge on any atom is 0.332 e. The standard InChI is InChI=1S/C6H10O10S/c7-3-2(16-17(11,12)13)1-14-5(4(3)8)6(9)15-10/h2-5,7-8,10H,1H2,(H,11,12,13)/p-2/t2?,3-,4-,5?/m0/s1. The van der Waals surface area contributed by atoms with Gasteiger partial charge in [0.15, 0.2) is 6.10 Å². The van der Waals surface area contributed by atoms with Crippen molar-refractivity contribution in [3.8, 4) is 0 Å². The Kier molecular flexibility index (Phi) is 4.37. The Bertz CT molecular complexity index is 376. The van der Waals surface area contributed by atoms with Crippen LogP contribution in [-0.4, -0.2) is 60.2 Å². The van der Waals surface area contributed by atoms with Gasteiger partial charge in [-0.05, 0) is 0 Å². The highest BCUT2D eigenvalue weighted by Gasteiger charge is 2.43. The van der Waals surface area contributed by atoms with E-state index in [4.69, 9.17) is 0 Å². The number of hydrogen-bond acceptors (Lipinski definition) is 10. The molecule has 0 aromatic heterocycles. The van der Waals surface area contributed by atoms with E-state index in [1.54, 1.807) is 0 Å². The van der Waals surface area contributed by atoms with Crippen LogP contribution in [0.5, 0.6) is 0 Å². The molecule has 2 N–H and O–H groups in total. The van der Waals surface area contributed by atoms with Crippen LogP contribution in [0.2, 0.25) is 0 Å². The molecule has 0 aliphatic carbocycles. The van der Waals surface area contributed by atoms with E-state index in [0.29, 0.717) is 0 Å². The number of carbonyl (C=O) groups is 1. The second-order valence-electron chi connectivity index (χ2n) is 3.18. The lowest BCUT2D eigenvalue weighted by molar-refractivity contribution is -0.658. The van der Waals surface area contributed by atoms with E-state index in [1.165, 1.54) is 0 Å². The predicted octanol–water partition coefficient (Wildman–Crippen LogP) is -4.23. The fraction of sp³-hybridized carbons (Fsp3) is 0.833. The second-order valence-corrected chi connectivity index (χ2v) is 4.19. The van der Waals surface area contributed by atoms with E-state index >= 15 is 0 Å². The topological polar surface area (TPSA) is 165 Å². The maximum atomic E-state index is 10.8. The van der Waals surface area contributed by atoms with Gasteiger partial charge in [0.2, 0.25) is 10.4 Å². The van der Waals surface area contributed by atoms with Crippen molar-refractivity contribution in [3.63, 3.8) is 0 Å². The first-order valence-electron chi connectivity index (χ1n) is 4.21. The van der Waals surface area contributed by atoms with E-state index in [9.17, 15) is 33.2 Å². The molecule has 1 aliphatic heterocycles. The van der Waals surface area contributed by atoms with Gasteiger partial charge in [-0.1, -0.05) is 0 Å². The molecule has 0 spiro atoms. The lowest BCUT2D eigenvalue weighted by Gasteiger charge is -2.36. The summed E-state index contributed by atoms with van der Waals surface area (Å²) in [7, 11) is -5.10. The van der Waals surface area contributed by atoms with Crippen molar-refractivity contribution in [2.45, 2.75) is 24.4 Å². The van der Waals surface area contributed by atoms with Gasteiger partial charge in [0.1, 0.15) is 18.3 Å². The highest BCUT2D eigenvalue weighted by molar-refractivity contribution is 7.80. The molecule has 11 heteroatoms. The smallest absolute Gasteiger partial charge is 0.332 e. The van der Waals surface area contributed by atoms with Gasteiger partial charge >= 0.3 is 5.97 Å². The minimum Gasteiger partial charge on any atom is -0.726 e. The lowest BCUT2D eigenvalue weighted by Crippen LogP contribution is -2.57. The van der Waals surface area contributed by atoms with Crippen molar-refractivity contribution in [2.24, 2.45) is 0 Å². The maximum absolute atomic E-state index is 10.8. The zero-order valence-electron chi connectivity index (χ0n) is 8.09. The minimum atomic E-state index is -5.10. The normalized spacial score (nSPS) is 34.4. The Balaban J connectivity index is 2.72. The van der Waals surface area contributed by atoms with Gasteiger partial charge in [-0.2, -0.15) is 0 Å². The van der Waals surface area contributed by atoms with Crippen molar-refractivity contribution in [2.75, 3.05) is 6.61 Å². The Hall–Kier alpha value is -0.820. The molecule has 10 nitrogen and oxygen atoms in total. The third kappa shape index (κ3) is 3.57. The number of hydrogen-bond donors (Lipinski definition) is 2. The first-order chi connectivity index (χ1) is 7.76. The van der Waals surface area contributed by atoms with Crippen molar-refractivity contribution in [1.29, 1.82) is 0 Å². The summed E-state index contributed by atoms with van der Waals surface area (Å²) >= 11 is 0. The fourth-order valence-corrected chi connectivity index (χ4v) is 1.76. The van der Waals surface area contributed by atoms with Gasteiger partial charge in [-0.3, -0.25) is 4.18 Å². The van der Waals surface area contributed by atoms with Crippen LogP contribution >= 0.6 is 0 Å². The van der Waals surface area contributed by atoms with E-state index in [-0.39, 0.29) is 0 Å². The van der Waals surface area contributed by atoms with Crippen LogP contribution in [0.1, 0.15) is 0 Å². The Morgan fingerprint density at radius 3 is 2.41 bits per heavy atom. The van der Waals surface area contributed by atoms with Gasteiger partial charge in [0.05, 0.1) is 6.61 Å². The van der Waals surface area contributed by atoms with Crippen LogP contribution in [0.25, 0.3) is 0 Å². The second kappa shape index (κ2) is 5.22.